The zero-order chi connectivity index (χ0) is 15.3. The van der Waals surface area contributed by atoms with Crippen LogP contribution < -0.4 is 21.9 Å². The van der Waals surface area contributed by atoms with E-state index in [1.165, 1.54) is 18.2 Å². The Hall–Kier alpha value is -2.13. The Morgan fingerprint density at radius 2 is 1.85 bits per heavy atom. The van der Waals surface area contributed by atoms with Crippen LogP contribution in [0.2, 0.25) is 0 Å². The number of anilines is 1. The molecule has 8 nitrogen and oxygen atoms in total. The van der Waals surface area contributed by atoms with Gasteiger partial charge in [-0.25, -0.2) is 13.1 Å². The molecule has 0 aliphatic carbocycles. The van der Waals surface area contributed by atoms with Crippen LogP contribution >= 0.6 is 0 Å². The van der Waals surface area contributed by atoms with Gasteiger partial charge in [0.2, 0.25) is 21.8 Å². The second kappa shape index (κ2) is 6.35. The van der Waals surface area contributed by atoms with Crippen LogP contribution in [0, 0.1) is 0 Å². The Bertz CT molecular complexity index is 627. The summed E-state index contributed by atoms with van der Waals surface area (Å²) in [6.45, 7) is 0.0578. The monoisotopic (exact) mass is 300 g/mol. The molecule has 0 heterocycles. The maximum Gasteiger partial charge on any atom is 0.248 e. The van der Waals surface area contributed by atoms with Crippen molar-refractivity contribution in [1.29, 1.82) is 0 Å². The van der Waals surface area contributed by atoms with Gasteiger partial charge >= 0.3 is 0 Å². The van der Waals surface area contributed by atoms with E-state index in [4.69, 9.17) is 17.2 Å². The number of nitrogens with one attached hydrogen (secondary N) is 1. The first kappa shape index (κ1) is 15.9. The van der Waals surface area contributed by atoms with Gasteiger partial charge in [0, 0.05) is 18.5 Å². The molecule has 20 heavy (non-hydrogen) atoms. The van der Waals surface area contributed by atoms with Crippen LogP contribution in [0.15, 0.2) is 23.1 Å². The first-order chi connectivity index (χ1) is 9.24. The van der Waals surface area contributed by atoms with Crippen molar-refractivity contribution in [2.24, 2.45) is 11.5 Å². The van der Waals surface area contributed by atoms with Crippen molar-refractivity contribution in [1.82, 2.24) is 4.72 Å². The summed E-state index contributed by atoms with van der Waals surface area (Å²) in [5, 5.41) is 0. The average Bonchev–Trinajstić information content (AvgIpc) is 2.34. The fraction of sp³-hybridized carbons (Fsp3) is 0.273. The lowest BCUT2D eigenvalue weighted by molar-refractivity contribution is -0.118. The summed E-state index contributed by atoms with van der Waals surface area (Å²) in [6.07, 6.45) is 0.368. The van der Waals surface area contributed by atoms with Crippen molar-refractivity contribution in [3.8, 4) is 0 Å². The van der Waals surface area contributed by atoms with E-state index in [9.17, 15) is 18.0 Å². The molecular weight excluding hydrogens is 284 g/mol. The predicted octanol–water partition coefficient (Wildman–Crippen LogP) is -1.09. The normalized spacial score (nSPS) is 11.2. The van der Waals surface area contributed by atoms with E-state index in [2.05, 4.69) is 4.72 Å². The third kappa shape index (κ3) is 4.21. The molecule has 0 aliphatic heterocycles. The van der Waals surface area contributed by atoms with Crippen LogP contribution in [0.4, 0.5) is 5.69 Å². The van der Waals surface area contributed by atoms with Crippen molar-refractivity contribution < 1.29 is 18.0 Å². The SMILES string of the molecule is NC(=O)CCCNS(=O)(=O)c1ccc(C(N)=O)cc1N. The number of sulfonamides is 1. The Morgan fingerprint density at radius 3 is 2.35 bits per heavy atom. The van der Waals surface area contributed by atoms with Gasteiger partial charge in [-0.3, -0.25) is 9.59 Å². The Kier molecular flexibility index (Phi) is 5.06. The van der Waals surface area contributed by atoms with Crippen molar-refractivity contribution in [3.63, 3.8) is 0 Å². The average molecular weight is 300 g/mol. The number of primary amides is 2. The number of rotatable bonds is 7. The summed E-state index contributed by atoms with van der Waals surface area (Å²) in [5.74, 6) is -1.20. The number of benzene rings is 1. The van der Waals surface area contributed by atoms with Gasteiger partial charge in [0.1, 0.15) is 4.90 Å². The highest BCUT2D eigenvalue weighted by atomic mass is 32.2. The highest BCUT2D eigenvalue weighted by Crippen LogP contribution is 2.19. The van der Waals surface area contributed by atoms with Gasteiger partial charge in [-0.1, -0.05) is 0 Å². The fourth-order valence-corrected chi connectivity index (χ4v) is 2.68. The van der Waals surface area contributed by atoms with E-state index in [0.29, 0.717) is 0 Å². The summed E-state index contributed by atoms with van der Waals surface area (Å²) >= 11 is 0. The lowest BCUT2D eigenvalue weighted by Crippen LogP contribution is -2.26. The lowest BCUT2D eigenvalue weighted by Gasteiger charge is -2.09. The molecule has 0 unspecified atom stereocenters. The minimum atomic E-state index is -3.81. The van der Waals surface area contributed by atoms with Gasteiger partial charge in [0.25, 0.3) is 0 Å². The van der Waals surface area contributed by atoms with Crippen molar-refractivity contribution in [3.05, 3.63) is 23.8 Å². The zero-order valence-electron chi connectivity index (χ0n) is 10.6. The van der Waals surface area contributed by atoms with Crippen LogP contribution in [-0.4, -0.2) is 26.8 Å². The van der Waals surface area contributed by atoms with E-state index < -0.39 is 21.8 Å². The molecule has 0 atom stereocenters. The second-order valence-corrected chi connectivity index (χ2v) is 5.82. The van der Waals surface area contributed by atoms with E-state index in [-0.39, 0.29) is 35.5 Å². The third-order valence-electron chi connectivity index (χ3n) is 2.48. The topological polar surface area (TPSA) is 158 Å². The van der Waals surface area contributed by atoms with Crippen molar-refractivity contribution >= 4 is 27.5 Å². The van der Waals surface area contributed by atoms with Gasteiger partial charge in [0.15, 0.2) is 0 Å². The summed E-state index contributed by atoms with van der Waals surface area (Å²) in [5.41, 5.74) is 15.6. The highest BCUT2D eigenvalue weighted by Gasteiger charge is 2.18. The minimum absolute atomic E-state index is 0.0578. The van der Waals surface area contributed by atoms with Gasteiger partial charge in [-0.05, 0) is 24.6 Å². The van der Waals surface area contributed by atoms with E-state index in [1.54, 1.807) is 0 Å². The molecule has 0 aliphatic rings. The Balaban J connectivity index is 2.82. The molecule has 2 amide bonds. The maximum atomic E-state index is 12.0. The largest absolute Gasteiger partial charge is 0.398 e. The molecule has 0 saturated heterocycles. The summed E-state index contributed by atoms with van der Waals surface area (Å²) in [6, 6.07) is 3.67. The van der Waals surface area contributed by atoms with Gasteiger partial charge < -0.3 is 17.2 Å². The summed E-state index contributed by atoms with van der Waals surface area (Å²) < 4.78 is 26.2. The summed E-state index contributed by atoms with van der Waals surface area (Å²) in [4.78, 5) is 21.3. The predicted molar refractivity (Wildman–Crippen MR) is 73.0 cm³/mol. The first-order valence-corrected chi connectivity index (χ1v) is 7.19. The molecule has 0 bridgehead atoms. The van der Waals surface area contributed by atoms with E-state index in [1.807, 2.05) is 0 Å². The molecule has 0 spiro atoms. The minimum Gasteiger partial charge on any atom is -0.398 e. The molecule has 1 aromatic carbocycles. The standard InChI is InChI=1S/C11H16N4O4S/c12-8-6-7(11(14)17)3-4-9(8)20(18,19)15-5-1-2-10(13)16/h3-4,6,15H,1-2,5,12H2,(H2,13,16)(H2,14,17). The van der Waals surface area contributed by atoms with Crippen LogP contribution in [0.25, 0.3) is 0 Å². The van der Waals surface area contributed by atoms with Crippen molar-refractivity contribution in [2.45, 2.75) is 17.7 Å². The molecule has 7 N–H and O–H groups in total. The maximum absolute atomic E-state index is 12.0. The van der Waals surface area contributed by atoms with Crippen LogP contribution in [0.1, 0.15) is 23.2 Å². The molecule has 0 saturated carbocycles. The molecule has 110 valence electrons. The molecule has 0 aromatic heterocycles. The number of hydrogen-bond donors (Lipinski definition) is 4. The second-order valence-electron chi connectivity index (χ2n) is 4.08. The van der Waals surface area contributed by atoms with E-state index >= 15 is 0 Å². The first-order valence-electron chi connectivity index (χ1n) is 5.71. The number of amides is 2. The van der Waals surface area contributed by atoms with Gasteiger partial charge in [0.05, 0.1) is 5.69 Å². The quantitative estimate of drug-likeness (QED) is 0.371. The van der Waals surface area contributed by atoms with Crippen molar-refractivity contribution in [2.75, 3.05) is 12.3 Å². The van der Waals surface area contributed by atoms with Gasteiger partial charge in [-0.15, -0.1) is 0 Å². The smallest absolute Gasteiger partial charge is 0.248 e. The number of carbonyl (C=O) groups excluding carboxylic acids is 2. The van der Waals surface area contributed by atoms with E-state index in [0.717, 1.165) is 0 Å². The Labute approximate surface area is 116 Å². The molecule has 0 fully saturated rings. The third-order valence-corrected chi connectivity index (χ3v) is 4.01. The van der Waals surface area contributed by atoms with Crippen LogP contribution in [0.3, 0.4) is 0 Å². The molecule has 9 heteroatoms. The van der Waals surface area contributed by atoms with Crippen LogP contribution in [0.5, 0.6) is 0 Å². The zero-order valence-corrected chi connectivity index (χ0v) is 11.4. The number of hydrogen-bond acceptors (Lipinski definition) is 5. The van der Waals surface area contributed by atoms with Gasteiger partial charge in [-0.2, -0.15) is 0 Å². The Morgan fingerprint density at radius 1 is 1.20 bits per heavy atom. The molecular formula is C11H16N4O4S. The number of nitrogen functional groups attached to an aromatic ring is 1. The summed E-state index contributed by atoms with van der Waals surface area (Å²) in [7, 11) is -3.81. The molecule has 1 aromatic rings. The van der Waals surface area contributed by atoms with Crippen LogP contribution in [-0.2, 0) is 14.8 Å². The highest BCUT2D eigenvalue weighted by molar-refractivity contribution is 7.89. The molecule has 1 rings (SSSR count). The molecule has 0 radical (unpaired) electrons. The number of carbonyl (C=O) groups is 2. The lowest BCUT2D eigenvalue weighted by atomic mass is 10.2. The number of nitrogens with two attached hydrogens (primary N) is 3. The fourth-order valence-electron chi connectivity index (χ4n) is 1.49.